The van der Waals surface area contributed by atoms with E-state index >= 15 is 0 Å². The number of thioether (sulfide) groups is 1. The number of aromatic hydroxyl groups is 1. The fourth-order valence-electron chi connectivity index (χ4n) is 1.15. The van der Waals surface area contributed by atoms with Crippen LogP contribution in [0.3, 0.4) is 0 Å². The smallest absolute Gasteiger partial charge is 0.309 e. The summed E-state index contributed by atoms with van der Waals surface area (Å²) in [4.78, 5) is 12.3. The van der Waals surface area contributed by atoms with E-state index in [0.717, 1.165) is 4.90 Å². The third-order valence-corrected chi connectivity index (χ3v) is 3.26. The molecule has 0 saturated carbocycles. The fraction of sp³-hybridized carbons (Fsp3) is 0.417. The van der Waals surface area contributed by atoms with E-state index in [1.54, 1.807) is 25.1 Å². The number of benzene rings is 1. The van der Waals surface area contributed by atoms with Gasteiger partial charge in [-0.15, -0.1) is 11.8 Å². The largest absolute Gasteiger partial charge is 0.508 e. The summed E-state index contributed by atoms with van der Waals surface area (Å²) in [5.41, 5.74) is 0. The number of carbonyl (C=O) groups excluding carboxylic acids is 1. The van der Waals surface area contributed by atoms with Crippen molar-refractivity contribution in [1.82, 2.24) is 0 Å². The molecule has 1 N–H and O–H groups in total. The van der Waals surface area contributed by atoms with Crippen molar-refractivity contribution in [3.8, 4) is 5.75 Å². The predicted molar refractivity (Wildman–Crippen MR) is 64.6 cm³/mol. The van der Waals surface area contributed by atoms with Crippen LogP contribution in [-0.4, -0.2) is 23.4 Å². The lowest BCUT2D eigenvalue weighted by molar-refractivity contribution is -0.146. The van der Waals surface area contributed by atoms with Crippen molar-refractivity contribution in [1.29, 1.82) is 0 Å². The van der Waals surface area contributed by atoms with Crippen LogP contribution >= 0.6 is 11.8 Å². The second-order valence-corrected chi connectivity index (χ2v) is 4.55. The number of carbonyl (C=O) groups is 1. The van der Waals surface area contributed by atoms with E-state index in [1.165, 1.54) is 11.8 Å². The molecule has 0 aromatic heterocycles. The Morgan fingerprint density at radius 3 is 2.94 bits per heavy atom. The summed E-state index contributed by atoms with van der Waals surface area (Å²) in [6.45, 7) is 4.06. The normalized spacial score (nSPS) is 12.1. The molecule has 1 aromatic carbocycles. The minimum Gasteiger partial charge on any atom is -0.508 e. The van der Waals surface area contributed by atoms with Crippen molar-refractivity contribution in [3.63, 3.8) is 0 Å². The Labute approximate surface area is 99.8 Å². The Kier molecular flexibility index (Phi) is 5.19. The monoisotopic (exact) mass is 240 g/mol. The number of hydrogen-bond acceptors (Lipinski definition) is 4. The molecule has 0 spiro atoms. The molecule has 0 aliphatic rings. The summed E-state index contributed by atoms with van der Waals surface area (Å²) >= 11 is 1.54. The Bertz CT molecular complexity index is 352. The van der Waals surface area contributed by atoms with Gasteiger partial charge in [-0.05, 0) is 25.1 Å². The number of hydrogen-bond donors (Lipinski definition) is 1. The summed E-state index contributed by atoms with van der Waals surface area (Å²) in [6, 6.07) is 7.00. The van der Waals surface area contributed by atoms with Crippen LogP contribution in [-0.2, 0) is 9.53 Å². The van der Waals surface area contributed by atoms with Crippen molar-refractivity contribution >= 4 is 17.7 Å². The zero-order chi connectivity index (χ0) is 12.0. The van der Waals surface area contributed by atoms with Crippen LogP contribution in [0, 0.1) is 5.92 Å². The third kappa shape index (κ3) is 4.14. The molecule has 0 amide bonds. The molecule has 1 unspecified atom stereocenters. The van der Waals surface area contributed by atoms with Crippen molar-refractivity contribution < 1.29 is 14.6 Å². The Morgan fingerprint density at radius 2 is 2.31 bits per heavy atom. The van der Waals surface area contributed by atoms with Crippen molar-refractivity contribution in [2.24, 2.45) is 5.92 Å². The molecule has 3 nitrogen and oxygen atoms in total. The standard InChI is InChI=1S/C12H16O3S/c1-3-15-12(14)9(2)8-16-11-6-4-5-10(13)7-11/h4-7,9,13H,3,8H2,1-2H3. The SMILES string of the molecule is CCOC(=O)C(C)CSc1cccc(O)c1. The zero-order valence-electron chi connectivity index (χ0n) is 9.47. The van der Waals surface area contributed by atoms with Gasteiger partial charge in [-0.25, -0.2) is 0 Å². The minimum absolute atomic E-state index is 0.132. The number of ether oxygens (including phenoxy) is 1. The maximum atomic E-state index is 11.3. The van der Waals surface area contributed by atoms with Crippen LogP contribution < -0.4 is 0 Å². The molecule has 1 atom stereocenters. The number of esters is 1. The topological polar surface area (TPSA) is 46.5 Å². The van der Waals surface area contributed by atoms with Crippen molar-refractivity contribution in [2.45, 2.75) is 18.7 Å². The predicted octanol–water partition coefficient (Wildman–Crippen LogP) is 2.68. The lowest BCUT2D eigenvalue weighted by atomic mass is 10.2. The summed E-state index contributed by atoms with van der Waals surface area (Å²) in [5, 5.41) is 9.27. The van der Waals surface area contributed by atoms with E-state index in [0.29, 0.717) is 12.4 Å². The van der Waals surface area contributed by atoms with Gasteiger partial charge in [0.1, 0.15) is 5.75 Å². The first kappa shape index (κ1) is 12.9. The molecular weight excluding hydrogens is 224 g/mol. The van der Waals surface area contributed by atoms with E-state index in [4.69, 9.17) is 4.74 Å². The molecule has 4 heteroatoms. The molecule has 88 valence electrons. The van der Waals surface area contributed by atoms with E-state index in [1.807, 2.05) is 13.0 Å². The van der Waals surface area contributed by atoms with Crippen LogP contribution in [0.15, 0.2) is 29.2 Å². The van der Waals surface area contributed by atoms with Crippen LogP contribution in [0.25, 0.3) is 0 Å². The van der Waals surface area contributed by atoms with Crippen molar-refractivity contribution in [3.05, 3.63) is 24.3 Å². The maximum Gasteiger partial charge on any atom is 0.309 e. The third-order valence-electron chi connectivity index (χ3n) is 2.01. The molecule has 0 fully saturated rings. The summed E-state index contributed by atoms with van der Waals surface area (Å²) in [7, 11) is 0. The highest BCUT2D eigenvalue weighted by Gasteiger charge is 2.13. The molecule has 0 heterocycles. The Balaban J connectivity index is 2.42. The summed E-state index contributed by atoms with van der Waals surface area (Å²) in [5.74, 6) is 0.596. The molecule has 0 aliphatic heterocycles. The fourth-order valence-corrected chi connectivity index (χ4v) is 2.10. The quantitative estimate of drug-likeness (QED) is 0.635. The second-order valence-electron chi connectivity index (χ2n) is 3.46. The highest BCUT2D eigenvalue weighted by atomic mass is 32.2. The number of rotatable bonds is 5. The van der Waals surface area contributed by atoms with Gasteiger partial charge >= 0.3 is 5.97 Å². The Hall–Kier alpha value is -1.16. The number of phenolic OH excluding ortho intramolecular Hbond substituents is 1. The van der Waals surface area contributed by atoms with Gasteiger partial charge in [0.15, 0.2) is 0 Å². The highest BCUT2D eigenvalue weighted by Crippen LogP contribution is 2.24. The van der Waals surface area contributed by atoms with E-state index in [9.17, 15) is 9.90 Å². The van der Waals surface area contributed by atoms with E-state index in [-0.39, 0.29) is 17.6 Å². The molecule has 0 saturated heterocycles. The zero-order valence-corrected chi connectivity index (χ0v) is 10.3. The van der Waals surface area contributed by atoms with Gasteiger partial charge in [0.05, 0.1) is 12.5 Å². The molecule has 1 aromatic rings. The molecule has 0 aliphatic carbocycles. The van der Waals surface area contributed by atoms with Gasteiger partial charge in [-0.2, -0.15) is 0 Å². The Morgan fingerprint density at radius 1 is 1.56 bits per heavy atom. The van der Waals surface area contributed by atoms with Crippen LogP contribution in [0.2, 0.25) is 0 Å². The van der Waals surface area contributed by atoms with Crippen LogP contribution in [0.4, 0.5) is 0 Å². The first-order chi connectivity index (χ1) is 7.63. The van der Waals surface area contributed by atoms with Gasteiger partial charge in [0.25, 0.3) is 0 Å². The van der Waals surface area contributed by atoms with Crippen LogP contribution in [0.5, 0.6) is 5.75 Å². The summed E-state index contributed by atoms with van der Waals surface area (Å²) < 4.78 is 4.91. The minimum atomic E-state index is -0.171. The first-order valence-corrected chi connectivity index (χ1v) is 6.20. The van der Waals surface area contributed by atoms with Gasteiger partial charge in [-0.1, -0.05) is 13.0 Å². The van der Waals surface area contributed by atoms with Crippen LogP contribution in [0.1, 0.15) is 13.8 Å². The maximum absolute atomic E-state index is 11.3. The van der Waals surface area contributed by atoms with Gasteiger partial charge in [0, 0.05) is 10.6 Å². The molecule has 16 heavy (non-hydrogen) atoms. The molecule has 0 radical (unpaired) electrons. The summed E-state index contributed by atoms with van der Waals surface area (Å²) in [6.07, 6.45) is 0. The van der Waals surface area contributed by atoms with Gasteiger partial charge in [-0.3, -0.25) is 4.79 Å². The van der Waals surface area contributed by atoms with Crippen molar-refractivity contribution in [2.75, 3.05) is 12.4 Å². The average Bonchev–Trinajstić information content (AvgIpc) is 2.26. The van der Waals surface area contributed by atoms with E-state index < -0.39 is 0 Å². The van der Waals surface area contributed by atoms with Gasteiger partial charge in [0.2, 0.25) is 0 Å². The average molecular weight is 240 g/mol. The molecular formula is C12H16O3S. The lowest BCUT2D eigenvalue weighted by Crippen LogP contribution is -2.16. The first-order valence-electron chi connectivity index (χ1n) is 5.22. The van der Waals surface area contributed by atoms with Gasteiger partial charge < -0.3 is 9.84 Å². The second kappa shape index (κ2) is 6.43. The number of phenols is 1. The molecule has 1 rings (SSSR count). The van der Waals surface area contributed by atoms with E-state index in [2.05, 4.69) is 0 Å². The highest BCUT2D eigenvalue weighted by molar-refractivity contribution is 7.99. The lowest BCUT2D eigenvalue weighted by Gasteiger charge is -2.09. The molecule has 0 bridgehead atoms.